The molecule has 2 aromatic rings. The van der Waals surface area contributed by atoms with E-state index in [4.69, 9.17) is 0 Å². The molecular formula is C21H25N7O3. The number of fused-ring (bicyclic) bond motifs is 1. The molecule has 10 nitrogen and oxygen atoms in total. The van der Waals surface area contributed by atoms with Crippen LogP contribution in [0.15, 0.2) is 17.5 Å². The van der Waals surface area contributed by atoms with E-state index in [0.29, 0.717) is 40.2 Å². The van der Waals surface area contributed by atoms with E-state index in [9.17, 15) is 14.7 Å². The average Bonchev–Trinajstić information content (AvgIpc) is 3.29. The number of imidazole rings is 1. The van der Waals surface area contributed by atoms with Crippen molar-refractivity contribution >= 4 is 34.6 Å². The van der Waals surface area contributed by atoms with Gasteiger partial charge in [-0.05, 0) is 49.9 Å². The van der Waals surface area contributed by atoms with E-state index in [1.54, 1.807) is 18.3 Å². The topological polar surface area (TPSA) is 136 Å². The Hall–Kier alpha value is -3.01. The Labute approximate surface area is 178 Å². The van der Waals surface area contributed by atoms with Gasteiger partial charge in [-0.3, -0.25) is 14.9 Å². The number of likely N-dealkylation sites (N-methyl/N-ethyl adjacent to an activating group) is 1. The summed E-state index contributed by atoms with van der Waals surface area (Å²) in [6.45, 7) is 0.171. The number of amides is 2. The lowest BCUT2D eigenvalue weighted by molar-refractivity contribution is -0.129. The van der Waals surface area contributed by atoms with Gasteiger partial charge in [-0.1, -0.05) is 0 Å². The molecule has 2 aromatic heterocycles. The van der Waals surface area contributed by atoms with Crippen LogP contribution in [0, 0.1) is 17.8 Å². The summed E-state index contributed by atoms with van der Waals surface area (Å²) in [6, 6.07) is 0.179. The number of aromatic nitrogens is 3. The zero-order valence-electron chi connectivity index (χ0n) is 17.3. The van der Waals surface area contributed by atoms with Gasteiger partial charge in [0.05, 0.1) is 29.7 Å². The number of aliphatic hydroxyl groups is 1. The van der Waals surface area contributed by atoms with E-state index in [1.807, 2.05) is 0 Å². The molecule has 5 atom stereocenters. The highest BCUT2D eigenvalue weighted by Crippen LogP contribution is 2.56. The number of nitrogens with one attached hydrogen (secondary N) is 3. The molecule has 3 heterocycles. The van der Waals surface area contributed by atoms with E-state index in [0.717, 1.165) is 32.1 Å². The molecule has 0 radical (unpaired) electrons. The summed E-state index contributed by atoms with van der Waals surface area (Å²) in [5, 5.41) is 17.2. The van der Waals surface area contributed by atoms with Crippen LogP contribution in [0.25, 0.3) is 11.2 Å². The highest BCUT2D eigenvalue weighted by atomic mass is 16.3. The van der Waals surface area contributed by atoms with E-state index < -0.39 is 11.5 Å². The number of carbonyl (C=O) groups excluding carboxylic acids is 2. The van der Waals surface area contributed by atoms with E-state index in [2.05, 4.69) is 30.6 Å². The van der Waals surface area contributed by atoms with E-state index in [-0.39, 0.29) is 24.5 Å². The van der Waals surface area contributed by atoms with E-state index >= 15 is 0 Å². The fourth-order valence-electron chi connectivity index (χ4n) is 6.41. The van der Waals surface area contributed by atoms with Gasteiger partial charge < -0.3 is 20.3 Å². The normalized spacial score (nSPS) is 35.2. The number of nitrogens with zero attached hydrogens (tertiary/aromatic N) is 4. The third-order valence-corrected chi connectivity index (χ3v) is 7.44. The summed E-state index contributed by atoms with van der Waals surface area (Å²) >= 11 is 0. The molecule has 4 aliphatic carbocycles. The zero-order valence-corrected chi connectivity index (χ0v) is 17.3. The molecule has 162 valence electrons. The number of hydrogen-bond acceptors (Lipinski definition) is 6. The first kappa shape index (κ1) is 18.7. The third kappa shape index (κ3) is 3.00. The van der Waals surface area contributed by atoms with Crippen molar-refractivity contribution in [1.82, 2.24) is 25.2 Å². The van der Waals surface area contributed by atoms with Crippen LogP contribution in [0.3, 0.4) is 0 Å². The second-order valence-electron chi connectivity index (χ2n) is 9.66. The Morgan fingerprint density at radius 3 is 2.74 bits per heavy atom. The van der Waals surface area contributed by atoms with Crippen molar-refractivity contribution in [1.29, 1.82) is 0 Å². The standard InChI is InChI=1S/C21H25N7O3/c1-28-8-14(29)25-20(28)27-19(30)13-7-22-18-17(23-9-24-18)16(13)26-15-11-2-10-3-12(15)6-21(31,4-10)5-11/h7,9-12,15,31H,2-6,8H2,1H3,(H2,22,23,24,26)(H,25,27,29,30)/t10?,11-,12+,15?,21?. The number of H-pyrrole nitrogens is 1. The Balaban J connectivity index is 1.36. The predicted octanol–water partition coefficient (Wildman–Crippen LogP) is 0.867. The van der Waals surface area contributed by atoms with Crippen LogP contribution in [0.5, 0.6) is 0 Å². The molecule has 2 amide bonds. The fraction of sp³-hybridized carbons (Fsp3) is 0.571. The van der Waals surface area contributed by atoms with Crippen LogP contribution in [-0.2, 0) is 4.79 Å². The summed E-state index contributed by atoms with van der Waals surface area (Å²) in [6.07, 6.45) is 7.81. The van der Waals surface area contributed by atoms with Crippen LogP contribution in [0.4, 0.5) is 5.69 Å². The molecule has 7 rings (SSSR count). The maximum atomic E-state index is 13.1. The molecule has 5 fully saturated rings. The number of rotatable bonds is 3. The monoisotopic (exact) mass is 423 g/mol. The van der Waals surface area contributed by atoms with Crippen molar-refractivity contribution in [2.45, 2.75) is 43.7 Å². The van der Waals surface area contributed by atoms with Crippen LogP contribution < -0.4 is 10.6 Å². The number of hydrogen-bond donors (Lipinski definition) is 4. The Kier molecular flexibility index (Phi) is 3.92. The van der Waals surface area contributed by atoms with Gasteiger partial charge in [0.15, 0.2) is 5.65 Å². The molecule has 4 N–H and O–H groups in total. The Bertz CT molecular complexity index is 1110. The highest BCUT2D eigenvalue weighted by Gasteiger charge is 2.54. The maximum Gasteiger partial charge on any atom is 0.283 e. The number of pyridine rings is 1. The predicted molar refractivity (Wildman–Crippen MR) is 112 cm³/mol. The van der Waals surface area contributed by atoms with Crippen molar-refractivity contribution in [3.8, 4) is 0 Å². The molecule has 4 bridgehead atoms. The molecule has 4 saturated carbocycles. The molecule has 3 unspecified atom stereocenters. The summed E-state index contributed by atoms with van der Waals surface area (Å²) in [4.78, 5) is 42.1. The number of aromatic amines is 1. The van der Waals surface area contributed by atoms with Gasteiger partial charge in [-0.2, -0.15) is 4.99 Å². The Morgan fingerprint density at radius 2 is 2.06 bits per heavy atom. The first-order chi connectivity index (χ1) is 14.9. The van der Waals surface area contributed by atoms with Gasteiger partial charge in [0, 0.05) is 19.3 Å². The summed E-state index contributed by atoms with van der Waals surface area (Å²) < 4.78 is 0. The number of guanidine groups is 1. The van der Waals surface area contributed by atoms with Crippen LogP contribution in [-0.4, -0.2) is 68.0 Å². The average molecular weight is 423 g/mol. The number of anilines is 1. The van der Waals surface area contributed by atoms with E-state index in [1.165, 1.54) is 6.20 Å². The molecular weight excluding hydrogens is 398 g/mol. The molecule has 5 aliphatic rings. The smallest absolute Gasteiger partial charge is 0.283 e. The summed E-state index contributed by atoms with van der Waals surface area (Å²) in [5.41, 5.74) is 1.66. The lowest BCUT2D eigenvalue weighted by atomic mass is 9.52. The zero-order chi connectivity index (χ0) is 21.3. The molecule has 10 heteroatoms. The van der Waals surface area contributed by atoms with Gasteiger partial charge in [0.2, 0.25) is 11.9 Å². The highest BCUT2D eigenvalue weighted by molar-refractivity contribution is 6.13. The van der Waals surface area contributed by atoms with Crippen molar-refractivity contribution in [2.24, 2.45) is 22.7 Å². The molecule has 1 saturated heterocycles. The Morgan fingerprint density at radius 1 is 1.29 bits per heavy atom. The number of aliphatic imine (C=N–C) groups is 1. The molecule has 1 aliphatic heterocycles. The van der Waals surface area contributed by atoms with Gasteiger partial charge in [0.25, 0.3) is 5.91 Å². The van der Waals surface area contributed by atoms with Gasteiger partial charge in [-0.25, -0.2) is 9.97 Å². The third-order valence-electron chi connectivity index (χ3n) is 7.44. The van der Waals surface area contributed by atoms with Crippen LogP contribution in [0.2, 0.25) is 0 Å². The first-order valence-corrected chi connectivity index (χ1v) is 10.8. The van der Waals surface area contributed by atoms with Gasteiger partial charge in [0.1, 0.15) is 5.52 Å². The SMILES string of the molecule is CN1CC(=O)NC1=NC(=O)c1cnc2nc[nH]c2c1NC1[C@@H]2CC3C[C@H]1CC(O)(C3)C2. The van der Waals surface area contributed by atoms with Crippen LogP contribution in [0.1, 0.15) is 42.5 Å². The minimum atomic E-state index is -0.522. The van der Waals surface area contributed by atoms with Crippen LogP contribution >= 0.6 is 0 Å². The van der Waals surface area contributed by atoms with Crippen molar-refractivity contribution in [2.75, 3.05) is 18.9 Å². The quantitative estimate of drug-likeness (QED) is 0.575. The van der Waals surface area contributed by atoms with Crippen molar-refractivity contribution in [3.05, 3.63) is 18.1 Å². The first-order valence-electron chi connectivity index (χ1n) is 10.8. The lowest BCUT2D eigenvalue weighted by Gasteiger charge is -2.58. The van der Waals surface area contributed by atoms with Crippen molar-refractivity contribution < 1.29 is 14.7 Å². The van der Waals surface area contributed by atoms with Gasteiger partial charge >= 0.3 is 0 Å². The second kappa shape index (κ2) is 6.49. The van der Waals surface area contributed by atoms with Gasteiger partial charge in [-0.15, -0.1) is 0 Å². The molecule has 0 spiro atoms. The maximum absolute atomic E-state index is 13.1. The second-order valence-corrected chi connectivity index (χ2v) is 9.66. The molecule has 0 aromatic carbocycles. The summed E-state index contributed by atoms with van der Waals surface area (Å²) in [5.74, 6) is 0.912. The van der Waals surface area contributed by atoms with Crippen molar-refractivity contribution in [3.63, 3.8) is 0 Å². The fourth-order valence-corrected chi connectivity index (χ4v) is 6.41. The minimum absolute atomic E-state index is 0.171. The summed E-state index contributed by atoms with van der Waals surface area (Å²) in [7, 11) is 1.71. The largest absolute Gasteiger partial charge is 0.390 e. The molecule has 31 heavy (non-hydrogen) atoms. The number of carbonyl (C=O) groups is 2. The minimum Gasteiger partial charge on any atom is -0.390 e. The lowest BCUT2D eigenvalue weighted by Crippen LogP contribution is -2.59.